The molecule has 3 nitrogen and oxygen atoms in total. The summed E-state index contributed by atoms with van der Waals surface area (Å²) in [6.07, 6.45) is 38.1. The minimum atomic E-state index is -0.887. The molecule has 0 aromatic heterocycles. The number of aliphatic hydroxyl groups excluding tert-OH is 1. The lowest BCUT2D eigenvalue weighted by molar-refractivity contribution is -0.131. The molecule has 0 amide bonds. The Kier molecular flexibility index (Phi) is 16.1. The standard InChI is InChI=1S/C46H78O3/c1-34(2)35(3)24-25-36(4)40-28-29-41-39-27-26-38-32-43(47)37(33-46(38,6)42(39)30-31-45(40,41)5)22-20-18-16-14-12-10-8-7-9-11-13-15-17-19-21-23-44(48)49/h17,19,21,23,26,34-37,39-43,47H,7-16,18,20,22,24-25,27-33H2,1-6H3,(H,48,49)/t35-,36+,37?,39-,40+,41-,42-,43?,45+,46-/m0/s1. The predicted molar refractivity (Wildman–Crippen MR) is 208 cm³/mol. The fraction of sp³-hybridized carbons (Fsp3) is 0.848. The summed E-state index contributed by atoms with van der Waals surface area (Å²) in [5, 5.41) is 19.9. The number of allylic oxidation sites excluding steroid dienone is 4. The Bertz CT molecular complexity index is 1090. The summed E-state index contributed by atoms with van der Waals surface area (Å²) in [4.78, 5) is 10.5. The van der Waals surface area contributed by atoms with Crippen LogP contribution in [0, 0.1) is 58.2 Å². The van der Waals surface area contributed by atoms with E-state index >= 15 is 0 Å². The van der Waals surface area contributed by atoms with E-state index in [1.54, 1.807) is 11.6 Å². The molecule has 0 aromatic carbocycles. The van der Waals surface area contributed by atoms with Crippen molar-refractivity contribution < 1.29 is 15.0 Å². The quantitative estimate of drug-likeness (QED) is 0.0550. The lowest BCUT2D eigenvalue weighted by Crippen LogP contribution is -2.52. The van der Waals surface area contributed by atoms with E-state index in [1.807, 2.05) is 6.08 Å². The predicted octanol–water partition coefficient (Wildman–Crippen LogP) is 13.1. The molecule has 10 atom stereocenters. The molecule has 49 heavy (non-hydrogen) atoms. The molecule has 3 fully saturated rings. The van der Waals surface area contributed by atoms with Crippen molar-refractivity contribution in [3.05, 3.63) is 36.0 Å². The lowest BCUT2D eigenvalue weighted by Gasteiger charge is -2.59. The summed E-state index contributed by atoms with van der Waals surface area (Å²) in [7, 11) is 0. The molecule has 0 saturated heterocycles. The van der Waals surface area contributed by atoms with Crippen LogP contribution in [0.1, 0.15) is 183 Å². The van der Waals surface area contributed by atoms with Crippen LogP contribution in [-0.2, 0) is 4.79 Å². The Morgan fingerprint density at radius 2 is 1.51 bits per heavy atom. The van der Waals surface area contributed by atoms with E-state index in [0.717, 1.165) is 54.3 Å². The van der Waals surface area contributed by atoms with E-state index in [1.165, 1.54) is 134 Å². The van der Waals surface area contributed by atoms with Gasteiger partial charge >= 0.3 is 5.97 Å². The van der Waals surface area contributed by atoms with Gasteiger partial charge in [-0.05, 0) is 122 Å². The van der Waals surface area contributed by atoms with Gasteiger partial charge in [0.15, 0.2) is 0 Å². The number of aliphatic carboxylic acids is 1. The van der Waals surface area contributed by atoms with Crippen molar-refractivity contribution in [1.82, 2.24) is 0 Å². The number of rotatable bonds is 21. The molecular weight excluding hydrogens is 601 g/mol. The van der Waals surface area contributed by atoms with Crippen LogP contribution in [0.15, 0.2) is 36.0 Å². The molecule has 2 unspecified atom stereocenters. The van der Waals surface area contributed by atoms with Gasteiger partial charge in [-0.15, -0.1) is 0 Å². The van der Waals surface area contributed by atoms with Crippen LogP contribution in [0.2, 0.25) is 0 Å². The van der Waals surface area contributed by atoms with Crippen molar-refractivity contribution in [3.8, 4) is 0 Å². The van der Waals surface area contributed by atoms with Gasteiger partial charge in [-0.2, -0.15) is 0 Å². The van der Waals surface area contributed by atoms with E-state index in [-0.39, 0.29) is 6.10 Å². The molecule has 0 aromatic rings. The monoisotopic (exact) mass is 679 g/mol. The van der Waals surface area contributed by atoms with Gasteiger partial charge in [0.05, 0.1) is 6.10 Å². The highest BCUT2D eigenvalue weighted by atomic mass is 16.4. The van der Waals surface area contributed by atoms with E-state index < -0.39 is 5.97 Å². The van der Waals surface area contributed by atoms with Crippen LogP contribution in [0.4, 0.5) is 0 Å². The molecule has 3 saturated carbocycles. The Hall–Kier alpha value is -1.35. The van der Waals surface area contributed by atoms with Crippen LogP contribution < -0.4 is 0 Å². The normalized spacial score (nSPS) is 34.2. The third-order valence-electron chi connectivity index (χ3n) is 15.2. The van der Waals surface area contributed by atoms with Crippen molar-refractivity contribution in [1.29, 1.82) is 0 Å². The Morgan fingerprint density at radius 1 is 0.857 bits per heavy atom. The smallest absolute Gasteiger partial charge is 0.328 e. The molecule has 2 N–H and O–H groups in total. The SMILES string of the molecule is CC(C)[C@@H](C)CC[C@@H](C)[C@H]1CC[C@H]2[C@@H]3CC=C4CC(O)C(CCCCCCCCCCCCCC=CC=CC(=O)O)C[C@]4(C)[C@H]3CC[C@]12C. The van der Waals surface area contributed by atoms with Crippen molar-refractivity contribution in [2.24, 2.45) is 58.2 Å². The zero-order valence-corrected chi connectivity index (χ0v) is 32.9. The van der Waals surface area contributed by atoms with Gasteiger partial charge < -0.3 is 10.2 Å². The second kappa shape index (κ2) is 19.5. The molecule has 0 bridgehead atoms. The van der Waals surface area contributed by atoms with Crippen molar-refractivity contribution in [3.63, 3.8) is 0 Å². The molecule has 4 aliphatic rings. The van der Waals surface area contributed by atoms with Crippen LogP contribution in [0.3, 0.4) is 0 Å². The van der Waals surface area contributed by atoms with Crippen LogP contribution in [0.25, 0.3) is 0 Å². The first-order valence-corrected chi connectivity index (χ1v) is 21.4. The third-order valence-corrected chi connectivity index (χ3v) is 15.2. The summed E-state index contributed by atoms with van der Waals surface area (Å²) < 4.78 is 0. The van der Waals surface area contributed by atoms with Crippen molar-refractivity contribution in [2.75, 3.05) is 0 Å². The first-order chi connectivity index (χ1) is 23.5. The second-order valence-corrected chi connectivity index (χ2v) is 18.6. The average molecular weight is 679 g/mol. The van der Waals surface area contributed by atoms with Gasteiger partial charge in [0.2, 0.25) is 0 Å². The molecule has 3 heteroatoms. The van der Waals surface area contributed by atoms with Gasteiger partial charge in [-0.25, -0.2) is 4.79 Å². The zero-order valence-electron chi connectivity index (χ0n) is 32.9. The number of carbonyl (C=O) groups is 1. The summed E-state index contributed by atoms with van der Waals surface area (Å²) in [6.45, 7) is 15.2. The number of carboxylic acids is 1. The maximum Gasteiger partial charge on any atom is 0.328 e. The van der Waals surface area contributed by atoms with Gasteiger partial charge in [0.25, 0.3) is 0 Å². The first-order valence-electron chi connectivity index (χ1n) is 21.4. The van der Waals surface area contributed by atoms with Gasteiger partial charge in [-0.3, -0.25) is 0 Å². The third kappa shape index (κ3) is 10.8. The minimum Gasteiger partial charge on any atom is -0.478 e. The minimum absolute atomic E-state index is 0.125. The molecule has 0 spiro atoms. The Balaban J connectivity index is 1.13. The highest BCUT2D eigenvalue weighted by Gasteiger charge is 2.59. The van der Waals surface area contributed by atoms with E-state index in [0.29, 0.717) is 16.7 Å². The average Bonchev–Trinajstić information content (AvgIpc) is 3.42. The molecular formula is C46H78O3. The van der Waals surface area contributed by atoms with Crippen LogP contribution >= 0.6 is 0 Å². The summed E-state index contributed by atoms with van der Waals surface area (Å²) in [6, 6.07) is 0. The fourth-order valence-electron chi connectivity index (χ4n) is 11.7. The molecule has 4 rings (SSSR count). The molecule has 4 aliphatic carbocycles. The number of hydrogen-bond donors (Lipinski definition) is 2. The van der Waals surface area contributed by atoms with Gasteiger partial charge in [0.1, 0.15) is 0 Å². The van der Waals surface area contributed by atoms with Gasteiger partial charge in [-0.1, -0.05) is 148 Å². The lowest BCUT2D eigenvalue weighted by atomic mass is 9.46. The summed E-state index contributed by atoms with van der Waals surface area (Å²) >= 11 is 0. The van der Waals surface area contributed by atoms with Crippen LogP contribution in [-0.4, -0.2) is 22.3 Å². The van der Waals surface area contributed by atoms with Gasteiger partial charge in [0, 0.05) is 6.08 Å². The largest absolute Gasteiger partial charge is 0.478 e. The van der Waals surface area contributed by atoms with Crippen LogP contribution in [0.5, 0.6) is 0 Å². The van der Waals surface area contributed by atoms with Crippen molar-refractivity contribution >= 4 is 5.97 Å². The number of fused-ring (bicyclic) bond motifs is 5. The Labute approximate surface area is 303 Å². The van der Waals surface area contributed by atoms with E-state index in [2.05, 4.69) is 53.7 Å². The topological polar surface area (TPSA) is 57.5 Å². The highest BCUT2D eigenvalue weighted by molar-refractivity contribution is 5.80. The maximum absolute atomic E-state index is 11.3. The molecule has 0 radical (unpaired) electrons. The maximum atomic E-state index is 11.3. The zero-order chi connectivity index (χ0) is 35.4. The Morgan fingerprint density at radius 3 is 2.16 bits per heavy atom. The van der Waals surface area contributed by atoms with E-state index in [9.17, 15) is 9.90 Å². The number of carboxylic acid groups (broad SMARTS) is 1. The van der Waals surface area contributed by atoms with E-state index in [4.69, 9.17) is 5.11 Å². The molecule has 280 valence electrons. The summed E-state index contributed by atoms with van der Waals surface area (Å²) in [5.41, 5.74) is 2.49. The van der Waals surface area contributed by atoms with Crippen molar-refractivity contribution in [2.45, 2.75) is 189 Å². The number of hydrogen-bond acceptors (Lipinski definition) is 2. The second-order valence-electron chi connectivity index (χ2n) is 18.6. The summed E-state index contributed by atoms with van der Waals surface area (Å²) in [5.74, 6) is 5.63. The molecule has 0 aliphatic heterocycles. The highest BCUT2D eigenvalue weighted by Crippen LogP contribution is 2.67. The number of aliphatic hydroxyl groups is 1. The first kappa shape index (κ1) is 40.4. The molecule has 0 heterocycles. The number of unbranched alkanes of at least 4 members (excludes halogenated alkanes) is 11. The fourth-order valence-corrected chi connectivity index (χ4v) is 11.7.